The van der Waals surface area contributed by atoms with E-state index >= 15 is 0 Å². The maximum Gasteiger partial charge on any atom is 0.394 e. The number of thiophene rings is 1. The van der Waals surface area contributed by atoms with Crippen LogP contribution >= 0.6 is 11.3 Å². The van der Waals surface area contributed by atoms with E-state index in [4.69, 9.17) is 9.40 Å². The number of ketones is 1. The fourth-order valence-electron chi connectivity index (χ4n) is 6.55. The van der Waals surface area contributed by atoms with Crippen molar-refractivity contribution in [1.29, 1.82) is 0 Å². The first-order chi connectivity index (χ1) is 23.8. The van der Waals surface area contributed by atoms with Crippen LogP contribution in [-0.2, 0) is 36.7 Å². The summed E-state index contributed by atoms with van der Waals surface area (Å²) in [4.78, 5) is 17.4. The number of aryl methyl sites for hydroxylation is 2. The van der Waals surface area contributed by atoms with E-state index in [1.165, 1.54) is 36.8 Å². The van der Waals surface area contributed by atoms with Crippen LogP contribution in [0.1, 0.15) is 110 Å². The molecule has 0 amide bonds. The first kappa shape index (κ1) is 43.4. The van der Waals surface area contributed by atoms with Crippen LogP contribution in [0.25, 0.3) is 43.2 Å². The van der Waals surface area contributed by atoms with Crippen molar-refractivity contribution < 1.29 is 47.6 Å². The number of aliphatic hydroxyl groups excluding tert-OH is 1. The number of hydrogen-bond donors (Lipinski definition) is 1. The summed E-state index contributed by atoms with van der Waals surface area (Å²) in [5.41, 5.74) is 2.95. The Morgan fingerprint density at radius 3 is 2.12 bits per heavy atom. The average molecular weight is 913 g/mol. The fourth-order valence-corrected chi connectivity index (χ4v) is 8.08. The molecule has 0 saturated heterocycles. The van der Waals surface area contributed by atoms with Gasteiger partial charge < -0.3 is 9.52 Å². The number of halogens is 3. The maximum absolute atomic E-state index is 13.8. The normalized spacial score (nSPS) is 12.9. The van der Waals surface area contributed by atoms with Gasteiger partial charge in [-0.3, -0.25) is 9.78 Å². The monoisotopic (exact) mass is 913 g/mol. The number of rotatable bonds is 10. The molecule has 0 spiro atoms. The second-order valence-electron chi connectivity index (χ2n) is 15.3. The van der Waals surface area contributed by atoms with Crippen molar-refractivity contribution in [3.8, 4) is 11.3 Å². The van der Waals surface area contributed by atoms with Crippen molar-refractivity contribution in [3.63, 3.8) is 0 Å². The molecular weight excluding hydrogens is 860 g/mol. The zero-order valence-corrected chi connectivity index (χ0v) is 35.5. The van der Waals surface area contributed by atoms with Gasteiger partial charge in [-0.2, -0.15) is 13.2 Å². The molecule has 0 saturated carbocycles. The van der Waals surface area contributed by atoms with Crippen LogP contribution in [0, 0.1) is 37.2 Å². The molecule has 285 valence electrons. The Labute approximate surface area is 324 Å². The smallest absolute Gasteiger partial charge is 0.394 e. The number of allylic oxidation sites excluding steroid dienone is 2. The topological polar surface area (TPSA) is 63.3 Å². The van der Waals surface area contributed by atoms with E-state index in [-0.39, 0.29) is 55.3 Å². The van der Waals surface area contributed by atoms with Crippen LogP contribution in [-0.4, -0.2) is 22.1 Å². The van der Waals surface area contributed by atoms with Crippen LogP contribution in [0.3, 0.4) is 0 Å². The van der Waals surface area contributed by atoms with Gasteiger partial charge in [0.25, 0.3) is 0 Å². The van der Waals surface area contributed by atoms with Gasteiger partial charge in [-0.25, -0.2) is 0 Å². The molecular formula is C43H53F3IrNO3S-. The van der Waals surface area contributed by atoms with Gasteiger partial charge in [-0.15, -0.1) is 40.5 Å². The van der Waals surface area contributed by atoms with Crippen LogP contribution in [0.4, 0.5) is 13.2 Å². The van der Waals surface area contributed by atoms with Crippen LogP contribution < -0.4 is 0 Å². The minimum absolute atomic E-state index is 0. The van der Waals surface area contributed by atoms with Crippen LogP contribution in [0.5, 0.6) is 0 Å². The first-order valence-corrected chi connectivity index (χ1v) is 18.9. The van der Waals surface area contributed by atoms with E-state index < -0.39 is 11.6 Å². The predicted octanol–water partition coefficient (Wildman–Crippen LogP) is 13.6. The van der Waals surface area contributed by atoms with E-state index in [1.807, 2.05) is 65.8 Å². The molecule has 0 aliphatic rings. The van der Waals surface area contributed by atoms with Crippen molar-refractivity contribution in [2.24, 2.45) is 17.3 Å². The number of carbonyl (C=O) groups excluding carboxylic acids is 1. The summed E-state index contributed by atoms with van der Waals surface area (Å²) in [6.07, 6.45) is 0.501. The second-order valence-corrected chi connectivity index (χ2v) is 16.4. The SMILES string of the molecule is CCC(CC)C(=O)/C=C(\O)C(CC)CC.Cc1cc2nc(-c3[c-]c4ccccc4c(C(C)(C)C)c3)c3sc(CC(C)(C)C(F)(F)F)c(C)c3c2o1.[Ir]. The van der Waals surface area contributed by atoms with Crippen LogP contribution in [0.2, 0.25) is 0 Å². The van der Waals surface area contributed by atoms with Gasteiger partial charge in [0.1, 0.15) is 11.3 Å². The Morgan fingerprint density at radius 2 is 1.56 bits per heavy atom. The summed E-state index contributed by atoms with van der Waals surface area (Å²) in [5, 5.41) is 12.7. The molecule has 9 heteroatoms. The predicted molar refractivity (Wildman–Crippen MR) is 207 cm³/mol. The van der Waals surface area contributed by atoms with Gasteiger partial charge in [0, 0.05) is 64.7 Å². The van der Waals surface area contributed by atoms with Gasteiger partial charge in [0.15, 0.2) is 11.4 Å². The van der Waals surface area contributed by atoms with E-state index in [2.05, 4.69) is 39.0 Å². The summed E-state index contributed by atoms with van der Waals surface area (Å²) in [6.45, 7) is 20.9. The number of hydrogen-bond acceptors (Lipinski definition) is 5. The van der Waals surface area contributed by atoms with Crippen molar-refractivity contribution in [2.45, 2.75) is 120 Å². The minimum atomic E-state index is -4.30. The number of pyridine rings is 1. The second kappa shape index (κ2) is 17.0. The van der Waals surface area contributed by atoms with Gasteiger partial charge in [-0.1, -0.05) is 91.5 Å². The van der Waals surface area contributed by atoms with Gasteiger partial charge in [-0.05, 0) is 56.9 Å². The molecule has 0 aliphatic heterocycles. The molecule has 52 heavy (non-hydrogen) atoms. The summed E-state index contributed by atoms with van der Waals surface area (Å²) < 4.78 is 48.2. The molecule has 0 bridgehead atoms. The Kier molecular flexibility index (Phi) is 14.2. The molecule has 0 unspecified atom stereocenters. The number of carbonyl (C=O) groups is 1. The molecule has 1 N–H and O–H groups in total. The Hall–Kier alpha value is -3.00. The molecule has 1 radical (unpaired) electrons. The molecule has 5 aromatic rings. The summed E-state index contributed by atoms with van der Waals surface area (Å²) in [5.74, 6) is 1.27. The Morgan fingerprint density at radius 1 is 0.962 bits per heavy atom. The first-order valence-electron chi connectivity index (χ1n) is 18.1. The Bertz CT molecular complexity index is 2040. The number of alkyl halides is 3. The zero-order chi connectivity index (χ0) is 38.1. The van der Waals surface area contributed by atoms with Crippen molar-refractivity contribution >= 4 is 49.1 Å². The Balaban J connectivity index is 0.000000389. The quantitative estimate of drug-likeness (QED) is 0.0861. The minimum Gasteiger partial charge on any atom is -0.512 e. The number of nitrogens with zero attached hydrogens (tertiary/aromatic N) is 1. The van der Waals surface area contributed by atoms with Gasteiger partial charge >= 0.3 is 6.18 Å². The molecule has 0 atom stereocenters. The third-order valence-corrected chi connectivity index (χ3v) is 11.3. The zero-order valence-electron chi connectivity index (χ0n) is 32.3. The molecule has 5 rings (SSSR count). The molecule has 3 heterocycles. The number of fused-ring (bicyclic) bond motifs is 4. The van der Waals surface area contributed by atoms with Gasteiger partial charge in [0.05, 0.1) is 11.2 Å². The molecule has 0 fully saturated rings. The summed E-state index contributed by atoms with van der Waals surface area (Å²) >= 11 is 1.39. The standard InChI is InChI=1S/C30H29F3NOS.C13H24O2.Ir/c1-16-12-22-26(35-16)24-17(2)23(15-29(6,7)30(31,32)33)36-27(24)25(34-22)19-13-18-10-8-9-11-20(18)21(14-19)28(3,4)5;1-5-10(6-2)12(14)9-13(15)11(7-3)8-4;/h8-12,14H,15H2,1-7H3;9-11,14H,5-8H2,1-4H3;/q-1;;/b;12-9-;. The number of furan rings is 1. The molecule has 0 aliphatic carbocycles. The maximum atomic E-state index is 13.8. The average Bonchev–Trinajstić information content (AvgIpc) is 3.58. The molecule has 2 aromatic carbocycles. The largest absolute Gasteiger partial charge is 0.512 e. The van der Waals surface area contributed by atoms with Gasteiger partial charge in [0.2, 0.25) is 0 Å². The van der Waals surface area contributed by atoms with Crippen molar-refractivity contribution in [1.82, 2.24) is 4.98 Å². The van der Waals surface area contributed by atoms with E-state index in [0.29, 0.717) is 16.0 Å². The fraction of sp³-hybridized carbons (Fsp3) is 0.488. The number of aromatic nitrogens is 1. The van der Waals surface area contributed by atoms with E-state index in [0.717, 1.165) is 69.1 Å². The number of benzene rings is 2. The van der Waals surface area contributed by atoms with E-state index in [9.17, 15) is 23.1 Å². The van der Waals surface area contributed by atoms with E-state index in [1.54, 1.807) is 0 Å². The molecule has 4 nitrogen and oxygen atoms in total. The number of aliphatic hydroxyl groups is 1. The van der Waals surface area contributed by atoms with Crippen molar-refractivity contribution in [2.75, 3.05) is 0 Å². The third-order valence-electron chi connectivity index (χ3n) is 10.0. The third kappa shape index (κ3) is 9.19. The molecule has 3 aromatic heterocycles. The summed E-state index contributed by atoms with van der Waals surface area (Å²) in [7, 11) is 0. The summed E-state index contributed by atoms with van der Waals surface area (Å²) in [6, 6.07) is 15.7. The van der Waals surface area contributed by atoms with Crippen LogP contribution in [0.15, 0.2) is 52.7 Å². The van der Waals surface area contributed by atoms with Crippen molar-refractivity contribution in [3.05, 3.63) is 76.1 Å².